The van der Waals surface area contributed by atoms with Gasteiger partial charge in [0.2, 0.25) is 0 Å². The van der Waals surface area contributed by atoms with Gasteiger partial charge in [0.1, 0.15) is 11.4 Å². The molecule has 2 aliphatic heterocycles. The molecule has 1 spiro atoms. The summed E-state index contributed by atoms with van der Waals surface area (Å²) < 4.78 is 18.2. The first-order chi connectivity index (χ1) is 14.5. The Morgan fingerprint density at radius 2 is 1.67 bits per heavy atom. The number of carbonyl (C=O) groups is 3. The summed E-state index contributed by atoms with van der Waals surface area (Å²) in [5.74, 6) is -0.812. The van der Waals surface area contributed by atoms with E-state index in [-0.39, 0.29) is 30.7 Å². The van der Waals surface area contributed by atoms with Crippen LogP contribution in [-0.2, 0) is 22.6 Å². The van der Waals surface area contributed by atoms with Gasteiger partial charge in [-0.25, -0.2) is 9.18 Å². The molecule has 2 N–H and O–H groups in total. The summed E-state index contributed by atoms with van der Waals surface area (Å²) >= 11 is 0. The Morgan fingerprint density at radius 1 is 1.03 bits per heavy atom. The SMILES string of the molecule is O=C(NCc1ccc(F)cc1)c1ccc(CN2C(=O)NC3(CCOCC3)C2=O)cc1. The van der Waals surface area contributed by atoms with Gasteiger partial charge in [0.05, 0.1) is 6.54 Å². The van der Waals surface area contributed by atoms with Gasteiger partial charge in [0.15, 0.2) is 0 Å². The van der Waals surface area contributed by atoms with Crippen LogP contribution in [0.5, 0.6) is 0 Å². The minimum Gasteiger partial charge on any atom is -0.381 e. The molecule has 8 heteroatoms. The van der Waals surface area contributed by atoms with E-state index < -0.39 is 11.6 Å². The molecule has 0 radical (unpaired) electrons. The molecule has 2 heterocycles. The highest BCUT2D eigenvalue weighted by atomic mass is 19.1. The Hall–Kier alpha value is -3.26. The van der Waals surface area contributed by atoms with Gasteiger partial charge in [-0.3, -0.25) is 14.5 Å². The molecule has 2 aromatic carbocycles. The van der Waals surface area contributed by atoms with Crippen LogP contribution in [0.1, 0.15) is 34.3 Å². The highest BCUT2D eigenvalue weighted by Gasteiger charge is 2.51. The number of benzene rings is 2. The summed E-state index contributed by atoms with van der Waals surface area (Å²) in [5.41, 5.74) is 1.15. The molecule has 0 bridgehead atoms. The minimum absolute atomic E-state index is 0.144. The van der Waals surface area contributed by atoms with Crippen LogP contribution in [-0.4, -0.2) is 41.5 Å². The Bertz CT molecular complexity index is 953. The average Bonchev–Trinajstić information content (AvgIpc) is 2.98. The van der Waals surface area contributed by atoms with Crippen LogP contribution in [0.3, 0.4) is 0 Å². The number of ether oxygens (including phenoxy) is 1. The van der Waals surface area contributed by atoms with Crippen molar-refractivity contribution in [2.75, 3.05) is 13.2 Å². The van der Waals surface area contributed by atoms with Crippen LogP contribution in [0.4, 0.5) is 9.18 Å². The second-order valence-electron chi connectivity index (χ2n) is 7.52. The standard InChI is InChI=1S/C22H22FN3O4/c23-18-7-3-15(4-8-18)13-24-19(27)17-5-1-16(2-6-17)14-26-20(28)22(25-21(26)29)9-11-30-12-10-22/h1-8H,9-14H2,(H,24,27)(H,25,29). The summed E-state index contributed by atoms with van der Waals surface area (Å²) in [7, 11) is 0. The number of nitrogens with zero attached hydrogens (tertiary/aromatic N) is 1. The first-order valence-corrected chi connectivity index (χ1v) is 9.80. The lowest BCUT2D eigenvalue weighted by atomic mass is 9.90. The normalized spacial score (nSPS) is 17.8. The zero-order chi connectivity index (χ0) is 21.1. The van der Waals surface area contributed by atoms with Crippen LogP contribution >= 0.6 is 0 Å². The van der Waals surface area contributed by atoms with Gasteiger partial charge >= 0.3 is 6.03 Å². The summed E-state index contributed by atoms with van der Waals surface area (Å²) in [6.45, 7) is 1.32. The van der Waals surface area contributed by atoms with Crippen molar-refractivity contribution in [1.82, 2.24) is 15.5 Å². The van der Waals surface area contributed by atoms with Crippen molar-refractivity contribution in [2.24, 2.45) is 0 Å². The third-order valence-electron chi connectivity index (χ3n) is 5.52. The van der Waals surface area contributed by atoms with Crippen molar-refractivity contribution in [2.45, 2.75) is 31.5 Å². The Labute approximate surface area is 173 Å². The van der Waals surface area contributed by atoms with Crippen molar-refractivity contribution in [3.8, 4) is 0 Å². The predicted octanol–water partition coefficient (Wildman–Crippen LogP) is 2.36. The molecule has 7 nitrogen and oxygen atoms in total. The van der Waals surface area contributed by atoms with Gasteiger partial charge in [-0.15, -0.1) is 0 Å². The van der Waals surface area contributed by atoms with Crippen molar-refractivity contribution in [3.05, 3.63) is 71.0 Å². The quantitative estimate of drug-likeness (QED) is 0.740. The fourth-order valence-corrected chi connectivity index (χ4v) is 3.71. The number of imide groups is 1. The second-order valence-corrected chi connectivity index (χ2v) is 7.52. The van der Waals surface area contributed by atoms with Crippen molar-refractivity contribution in [3.63, 3.8) is 0 Å². The Kier molecular flexibility index (Phi) is 5.50. The zero-order valence-corrected chi connectivity index (χ0v) is 16.3. The molecule has 0 aliphatic carbocycles. The average molecular weight is 411 g/mol. The number of amides is 4. The highest BCUT2D eigenvalue weighted by molar-refractivity contribution is 6.07. The number of rotatable bonds is 5. The van der Waals surface area contributed by atoms with Gasteiger partial charge in [-0.1, -0.05) is 24.3 Å². The molecule has 156 valence electrons. The lowest BCUT2D eigenvalue weighted by Crippen LogP contribution is -2.51. The molecule has 2 fully saturated rings. The number of urea groups is 1. The fraction of sp³-hybridized carbons (Fsp3) is 0.318. The molecule has 0 unspecified atom stereocenters. The number of hydrogen-bond acceptors (Lipinski definition) is 4. The summed E-state index contributed by atoms with van der Waals surface area (Å²) in [6.07, 6.45) is 0.947. The maximum absolute atomic E-state index is 12.9. The molecular formula is C22H22FN3O4. The van der Waals surface area contributed by atoms with E-state index in [1.807, 2.05) is 0 Å². The first kappa shape index (κ1) is 20.0. The number of hydrogen-bond donors (Lipinski definition) is 2. The first-order valence-electron chi connectivity index (χ1n) is 9.80. The van der Waals surface area contributed by atoms with Crippen LogP contribution in [0.15, 0.2) is 48.5 Å². The molecule has 2 saturated heterocycles. The molecule has 4 amide bonds. The van der Waals surface area contributed by atoms with Gasteiger partial charge < -0.3 is 15.4 Å². The van der Waals surface area contributed by atoms with Crippen LogP contribution < -0.4 is 10.6 Å². The van der Waals surface area contributed by atoms with E-state index in [2.05, 4.69) is 10.6 Å². The van der Waals surface area contributed by atoms with E-state index in [1.165, 1.54) is 17.0 Å². The number of nitrogens with one attached hydrogen (secondary N) is 2. The van der Waals surface area contributed by atoms with Crippen LogP contribution in [0.25, 0.3) is 0 Å². The third-order valence-corrected chi connectivity index (χ3v) is 5.52. The number of carbonyl (C=O) groups excluding carboxylic acids is 3. The summed E-state index contributed by atoms with van der Waals surface area (Å²) in [5, 5.41) is 5.60. The van der Waals surface area contributed by atoms with Gasteiger partial charge in [-0.2, -0.15) is 0 Å². The molecule has 0 saturated carbocycles. The topological polar surface area (TPSA) is 87.7 Å². The molecule has 30 heavy (non-hydrogen) atoms. The Balaban J connectivity index is 1.36. The zero-order valence-electron chi connectivity index (χ0n) is 16.3. The maximum atomic E-state index is 12.9. The van der Waals surface area contributed by atoms with Gasteiger partial charge in [0, 0.05) is 38.2 Å². The molecule has 2 aromatic rings. The lowest BCUT2D eigenvalue weighted by molar-refractivity contribution is -0.134. The van der Waals surface area contributed by atoms with E-state index in [4.69, 9.17) is 4.74 Å². The highest BCUT2D eigenvalue weighted by Crippen LogP contribution is 2.29. The predicted molar refractivity (Wildman–Crippen MR) is 106 cm³/mol. The van der Waals surface area contributed by atoms with E-state index in [9.17, 15) is 18.8 Å². The molecular weight excluding hydrogens is 389 g/mol. The number of halogens is 1. The van der Waals surface area contributed by atoms with Gasteiger partial charge in [0.25, 0.3) is 11.8 Å². The molecule has 4 rings (SSSR count). The van der Waals surface area contributed by atoms with E-state index in [0.717, 1.165) is 11.1 Å². The molecule has 2 aliphatic rings. The Morgan fingerprint density at radius 3 is 2.33 bits per heavy atom. The summed E-state index contributed by atoms with van der Waals surface area (Å²) in [4.78, 5) is 38.7. The molecule has 0 aromatic heterocycles. The smallest absolute Gasteiger partial charge is 0.325 e. The largest absolute Gasteiger partial charge is 0.381 e. The minimum atomic E-state index is -0.852. The van der Waals surface area contributed by atoms with Crippen LogP contribution in [0.2, 0.25) is 0 Å². The monoisotopic (exact) mass is 411 g/mol. The molecule has 0 atom stereocenters. The van der Waals surface area contributed by atoms with E-state index in [1.54, 1.807) is 36.4 Å². The maximum Gasteiger partial charge on any atom is 0.325 e. The van der Waals surface area contributed by atoms with Crippen molar-refractivity contribution in [1.29, 1.82) is 0 Å². The fourth-order valence-electron chi connectivity index (χ4n) is 3.71. The summed E-state index contributed by atoms with van der Waals surface area (Å²) in [6, 6.07) is 12.3. The van der Waals surface area contributed by atoms with Crippen molar-refractivity contribution < 1.29 is 23.5 Å². The van der Waals surface area contributed by atoms with Crippen molar-refractivity contribution >= 4 is 17.8 Å². The third kappa shape index (κ3) is 4.04. The van der Waals surface area contributed by atoms with E-state index >= 15 is 0 Å². The second kappa shape index (κ2) is 8.23. The van der Waals surface area contributed by atoms with Gasteiger partial charge in [-0.05, 0) is 35.4 Å². The van der Waals surface area contributed by atoms with Crippen LogP contribution in [0, 0.1) is 5.82 Å². The lowest BCUT2D eigenvalue weighted by Gasteiger charge is -2.30. The van der Waals surface area contributed by atoms with E-state index in [0.29, 0.717) is 31.6 Å².